The lowest BCUT2D eigenvalue weighted by Gasteiger charge is -2.05. The molecule has 0 radical (unpaired) electrons. The minimum absolute atomic E-state index is 0.491. The van der Waals surface area contributed by atoms with Crippen LogP contribution in [0, 0.1) is 13.8 Å². The molecule has 2 rings (SSSR count). The molecule has 0 spiro atoms. The third-order valence-corrected chi connectivity index (χ3v) is 3.50. The fourth-order valence-corrected chi connectivity index (χ4v) is 3.03. The van der Waals surface area contributed by atoms with Crippen LogP contribution >= 0.6 is 23.4 Å². The van der Waals surface area contributed by atoms with E-state index in [-0.39, 0.29) is 0 Å². The van der Waals surface area contributed by atoms with Crippen molar-refractivity contribution in [1.82, 2.24) is 15.0 Å². The minimum Gasteiger partial charge on any atom is -0.246 e. The van der Waals surface area contributed by atoms with Crippen molar-refractivity contribution in [1.29, 1.82) is 0 Å². The zero-order chi connectivity index (χ0) is 13.8. The van der Waals surface area contributed by atoms with Crippen LogP contribution in [0.2, 0.25) is 5.15 Å². The standard InChI is InChI=1S/C14H16ClN3S/c1-4-5-12-17-11(15)8-14(18-12)19-13-7-9(2)6-10(3)16-13/h6-8H,4-5H2,1-3H3. The Labute approximate surface area is 122 Å². The molecule has 2 heterocycles. The number of halogens is 1. The molecule has 0 atom stereocenters. The molecule has 0 aliphatic carbocycles. The Kier molecular flexibility index (Phi) is 4.77. The van der Waals surface area contributed by atoms with Crippen molar-refractivity contribution < 1.29 is 0 Å². The third-order valence-electron chi connectivity index (χ3n) is 2.47. The molecular formula is C14H16ClN3S. The molecule has 0 aromatic carbocycles. The molecule has 0 N–H and O–H groups in total. The summed E-state index contributed by atoms with van der Waals surface area (Å²) in [4.78, 5) is 13.2. The van der Waals surface area contributed by atoms with Crippen molar-refractivity contribution >= 4 is 23.4 Å². The van der Waals surface area contributed by atoms with Gasteiger partial charge in [0.05, 0.1) is 0 Å². The van der Waals surface area contributed by atoms with Crippen molar-refractivity contribution in [3.63, 3.8) is 0 Å². The maximum Gasteiger partial charge on any atom is 0.133 e. The molecule has 0 bridgehead atoms. The van der Waals surface area contributed by atoms with Gasteiger partial charge in [0.25, 0.3) is 0 Å². The first-order chi connectivity index (χ1) is 9.06. The van der Waals surface area contributed by atoms with Gasteiger partial charge in [0.15, 0.2) is 0 Å². The second kappa shape index (κ2) is 6.35. The minimum atomic E-state index is 0.491. The van der Waals surface area contributed by atoms with E-state index in [4.69, 9.17) is 11.6 Å². The molecule has 0 unspecified atom stereocenters. The van der Waals surface area contributed by atoms with E-state index in [1.165, 1.54) is 17.3 Å². The lowest BCUT2D eigenvalue weighted by Crippen LogP contribution is -1.96. The number of rotatable bonds is 4. The first-order valence-corrected chi connectivity index (χ1v) is 7.43. The Bertz CT molecular complexity index is 567. The van der Waals surface area contributed by atoms with Gasteiger partial charge in [-0.25, -0.2) is 15.0 Å². The van der Waals surface area contributed by atoms with Gasteiger partial charge in [-0.05, 0) is 49.7 Å². The van der Waals surface area contributed by atoms with Crippen molar-refractivity contribution in [3.8, 4) is 0 Å². The summed E-state index contributed by atoms with van der Waals surface area (Å²) in [6.07, 6.45) is 1.85. The molecular weight excluding hydrogens is 278 g/mol. The van der Waals surface area contributed by atoms with Gasteiger partial charge in [0.2, 0.25) is 0 Å². The number of hydrogen-bond donors (Lipinski definition) is 0. The Morgan fingerprint density at radius 1 is 1.05 bits per heavy atom. The van der Waals surface area contributed by atoms with Crippen LogP contribution in [0.5, 0.6) is 0 Å². The number of nitrogens with zero attached hydrogens (tertiary/aromatic N) is 3. The van der Waals surface area contributed by atoms with Crippen molar-refractivity contribution in [3.05, 3.63) is 40.4 Å². The van der Waals surface area contributed by atoms with Crippen LogP contribution in [-0.2, 0) is 6.42 Å². The molecule has 100 valence electrons. The van der Waals surface area contributed by atoms with Crippen LogP contribution in [0.15, 0.2) is 28.3 Å². The van der Waals surface area contributed by atoms with Gasteiger partial charge in [-0.15, -0.1) is 0 Å². The molecule has 0 aliphatic heterocycles. The molecule has 2 aromatic rings. The first-order valence-electron chi connectivity index (χ1n) is 6.23. The van der Waals surface area contributed by atoms with E-state index in [9.17, 15) is 0 Å². The SMILES string of the molecule is CCCc1nc(Cl)cc(Sc2cc(C)cc(C)n2)n1. The van der Waals surface area contributed by atoms with Gasteiger partial charge in [0.1, 0.15) is 21.0 Å². The summed E-state index contributed by atoms with van der Waals surface area (Å²) in [5, 5.41) is 2.28. The normalized spacial score (nSPS) is 10.7. The monoisotopic (exact) mass is 293 g/mol. The maximum atomic E-state index is 6.03. The molecule has 0 saturated heterocycles. The van der Waals surface area contributed by atoms with Crippen LogP contribution in [0.25, 0.3) is 0 Å². The van der Waals surface area contributed by atoms with Gasteiger partial charge in [-0.3, -0.25) is 0 Å². The highest BCUT2D eigenvalue weighted by atomic mass is 35.5. The zero-order valence-corrected chi connectivity index (χ0v) is 12.8. The van der Waals surface area contributed by atoms with E-state index in [2.05, 4.69) is 34.9 Å². The topological polar surface area (TPSA) is 38.7 Å². The van der Waals surface area contributed by atoms with Crippen LogP contribution in [0.1, 0.15) is 30.4 Å². The largest absolute Gasteiger partial charge is 0.246 e. The van der Waals surface area contributed by atoms with E-state index in [1.54, 1.807) is 6.07 Å². The average molecular weight is 294 g/mol. The number of hydrogen-bond acceptors (Lipinski definition) is 4. The van der Waals surface area contributed by atoms with Crippen LogP contribution in [-0.4, -0.2) is 15.0 Å². The van der Waals surface area contributed by atoms with Gasteiger partial charge in [0, 0.05) is 18.2 Å². The van der Waals surface area contributed by atoms with Gasteiger partial charge < -0.3 is 0 Å². The van der Waals surface area contributed by atoms with Crippen molar-refractivity contribution in [2.75, 3.05) is 0 Å². The summed E-state index contributed by atoms with van der Waals surface area (Å²) < 4.78 is 0. The highest BCUT2D eigenvalue weighted by Gasteiger charge is 2.06. The van der Waals surface area contributed by atoms with Crippen molar-refractivity contribution in [2.45, 2.75) is 43.7 Å². The maximum absolute atomic E-state index is 6.03. The van der Waals surface area contributed by atoms with E-state index in [1.807, 2.05) is 13.0 Å². The van der Waals surface area contributed by atoms with E-state index in [0.29, 0.717) is 5.15 Å². The average Bonchev–Trinajstić information content (AvgIpc) is 2.26. The first kappa shape index (κ1) is 14.3. The van der Waals surface area contributed by atoms with E-state index >= 15 is 0 Å². The summed E-state index contributed by atoms with van der Waals surface area (Å²) in [5.74, 6) is 0.793. The predicted octanol–water partition coefficient (Wildman–Crippen LogP) is 4.25. The van der Waals surface area contributed by atoms with Gasteiger partial charge in [-0.1, -0.05) is 18.5 Å². The Hall–Kier alpha value is -1.13. The van der Waals surface area contributed by atoms with Crippen molar-refractivity contribution in [2.24, 2.45) is 0 Å². The van der Waals surface area contributed by atoms with E-state index < -0.39 is 0 Å². The van der Waals surface area contributed by atoms with Crippen LogP contribution < -0.4 is 0 Å². The zero-order valence-electron chi connectivity index (χ0n) is 11.3. The lowest BCUT2D eigenvalue weighted by atomic mass is 10.3. The third kappa shape index (κ3) is 4.18. The quantitative estimate of drug-likeness (QED) is 0.790. The van der Waals surface area contributed by atoms with Gasteiger partial charge >= 0.3 is 0 Å². The molecule has 0 fully saturated rings. The predicted molar refractivity (Wildman–Crippen MR) is 78.9 cm³/mol. The molecule has 3 nitrogen and oxygen atoms in total. The highest BCUT2D eigenvalue weighted by molar-refractivity contribution is 7.99. The summed E-state index contributed by atoms with van der Waals surface area (Å²) in [6.45, 7) is 6.16. The summed E-state index contributed by atoms with van der Waals surface area (Å²) in [7, 11) is 0. The second-order valence-electron chi connectivity index (χ2n) is 4.42. The summed E-state index contributed by atoms with van der Waals surface area (Å²) in [6, 6.07) is 5.89. The molecule has 5 heteroatoms. The highest BCUT2D eigenvalue weighted by Crippen LogP contribution is 2.27. The molecule has 0 aliphatic rings. The Morgan fingerprint density at radius 2 is 1.79 bits per heavy atom. The molecule has 0 amide bonds. The second-order valence-corrected chi connectivity index (χ2v) is 5.85. The smallest absolute Gasteiger partial charge is 0.133 e. The fraction of sp³-hybridized carbons (Fsp3) is 0.357. The number of aromatic nitrogens is 3. The Balaban J connectivity index is 2.27. The molecule has 0 saturated carbocycles. The number of pyridine rings is 1. The number of aryl methyl sites for hydroxylation is 3. The molecule has 19 heavy (non-hydrogen) atoms. The summed E-state index contributed by atoms with van der Waals surface area (Å²) >= 11 is 7.55. The van der Waals surface area contributed by atoms with E-state index in [0.717, 1.165) is 34.4 Å². The Morgan fingerprint density at radius 3 is 2.47 bits per heavy atom. The van der Waals surface area contributed by atoms with Gasteiger partial charge in [-0.2, -0.15) is 0 Å². The van der Waals surface area contributed by atoms with Crippen LogP contribution in [0.3, 0.4) is 0 Å². The summed E-state index contributed by atoms with van der Waals surface area (Å²) in [5.41, 5.74) is 2.21. The molecule has 2 aromatic heterocycles. The van der Waals surface area contributed by atoms with Crippen LogP contribution in [0.4, 0.5) is 0 Å². The lowest BCUT2D eigenvalue weighted by molar-refractivity contribution is 0.809. The fourth-order valence-electron chi connectivity index (χ4n) is 1.79.